The minimum atomic E-state index is -0.282. The molecule has 166 valence electrons. The second-order valence-corrected chi connectivity index (χ2v) is 8.10. The first kappa shape index (κ1) is 20.8. The standard InChI is InChI=1S/C24H26FN5O2/c1-2-20-22(17-4-6-18(25)7-5-17)23-26-16-19-21(30(23)27-20)8-11-29(24(19)31)10-3-9-28-12-14-32-15-13-28/h4-8,11,16H,2-3,9-10,12-15H2,1H3. The van der Waals surface area contributed by atoms with Crippen molar-refractivity contribution >= 4 is 16.6 Å². The van der Waals surface area contributed by atoms with Crippen LogP contribution in [0.3, 0.4) is 0 Å². The van der Waals surface area contributed by atoms with Crippen LogP contribution in [0.1, 0.15) is 19.0 Å². The molecule has 7 nitrogen and oxygen atoms in total. The van der Waals surface area contributed by atoms with Crippen molar-refractivity contribution in [1.29, 1.82) is 0 Å². The molecule has 0 spiro atoms. The van der Waals surface area contributed by atoms with Crippen LogP contribution in [0.15, 0.2) is 47.5 Å². The normalized spacial score (nSPS) is 15.1. The second kappa shape index (κ2) is 8.80. The van der Waals surface area contributed by atoms with Gasteiger partial charge in [0.1, 0.15) is 5.82 Å². The van der Waals surface area contributed by atoms with Crippen molar-refractivity contribution in [1.82, 2.24) is 24.1 Å². The zero-order valence-corrected chi connectivity index (χ0v) is 18.1. The van der Waals surface area contributed by atoms with Crippen LogP contribution in [0.5, 0.6) is 0 Å². The molecule has 0 saturated carbocycles. The van der Waals surface area contributed by atoms with E-state index in [9.17, 15) is 9.18 Å². The number of hydrogen-bond donors (Lipinski definition) is 0. The number of aryl methyl sites for hydroxylation is 2. The summed E-state index contributed by atoms with van der Waals surface area (Å²) in [6.45, 7) is 7.09. The van der Waals surface area contributed by atoms with Crippen molar-refractivity contribution in [2.24, 2.45) is 0 Å². The summed E-state index contributed by atoms with van der Waals surface area (Å²) < 4.78 is 22.3. The molecule has 1 aromatic carbocycles. The van der Waals surface area contributed by atoms with Gasteiger partial charge in [0.2, 0.25) is 0 Å². The van der Waals surface area contributed by atoms with Gasteiger partial charge in [-0.05, 0) is 36.6 Å². The number of aromatic nitrogens is 4. The first-order valence-corrected chi connectivity index (χ1v) is 11.1. The largest absolute Gasteiger partial charge is 0.379 e. The average Bonchev–Trinajstić information content (AvgIpc) is 3.21. The van der Waals surface area contributed by atoms with E-state index in [1.54, 1.807) is 27.4 Å². The van der Waals surface area contributed by atoms with Crippen LogP contribution in [0.25, 0.3) is 27.7 Å². The van der Waals surface area contributed by atoms with Crippen molar-refractivity contribution in [3.63, 3.8) is 0 Å². The van der Waals surface area contributed by atoms with Crippen molar-refractivity contribution < 1.29 is 9.13 Å². The van der Waals surface area contributed by atoms with E-state index in [0.717, 1.165) is 61.6 Å². The van der Waals surface area contributed by atoms with Gasteiger partial charge in [-0.1, -0.05) is 19.1 Å². The Labute approximate surface area is 185 Å². The molecule has 3 aromatic heterocycles. The number of fused-ring (bicyclic) bond motifs is 3. The summed E-state index contributed by atoms with van der Waals surface area (Å²) in [5, 5.41) is 5.29. The molecule has 0 bridgehead atoms. The minimum absolute atomic E-state index is 0.0595. The van der Waals surface area contributed by atoms with Gasteiger partial charge >= 0.3 is 0 Å². The fourth-order valence-corrected chi connectivity index (χ4v) is 4.38. The third kappa shape index (κ3) is 3.80. The Morgan fingerprint density at radius 2 is 1.88 bits per heavy atom. The summed E-state index contributed by atoms with van der Waals surface area (Å²) >= 11 is 0. The number of rotatable bonds is 6. The molecule has 0 radical (unpaired) electrons. The van der Waals surface area contributed by atoms with Crippen LogP contribution in [-0.2, 0) is 17.7 Å². The van der Waals surface area contributed by atoms with Crippen LogP contribution in [0, 0.1) is 5.82 Å². The van der Waals surface area contributed by atoms with Crippen LogP contribution in [0.2, 0.25) is 0 Å². The minimum Gasteiger partial charge on any atom is -0.379 e. The number of hydrogen-bond acceptors (Lipinski definition) is 5. The van der Waals surface area contributed by atoms with Crippen molar-refractivity contribution in [3.8, 4) is 11.1 Å². The number of ether oxygens (including phenoxy) is 1. The quantitative estimate of drug-likeness (QED) is 0.466. The Kier molecular flexibility index (Phi) is 5.71. The molecule has 32 heavy (non-hydrogen) atoms. The predicted octanol–water partition coefficient (Wildman–Crippen LogP) is 3.14. The molecule has 0 aliphatic carbocycles. The lowest BCUT2D eigenvalue weighted by Crippen LogP contribution is -2.37. The third-order valence-electron chi connectivity index (χ3n) is 6.10. The van der Waals surface area contributed by atoms with E-state index in [2.05, 4.69) is 9.88 Å². The number of halogens is 1. The summed E-state index contributed by atoms with van der Waals surface area (Å²) in [5.74, 6) is -0.282. The van der Waals surface area contributed by atoms with Crippen molar-refractivity contribution in [2.75, 3.05) is 32.8 Å². The summed E-state index contributed by atoms with van der Waals surface area (Å²) in [6, 6.07) is 8.29. The molecule has 4 heterocycles. The van der Waals surface area contributed by atoms with Gasteiger partial charge in [-0.2, -0.15) is 5.10 Å². The lowest BCUT2D eigenvalue weighted by Gasteiger charge is -2.26. The Morgan fingerprint density at radius 3 is 2.62 bits per heavy atom. The zero-order valence-electron chi connectivity index (χ0n) is 18.1. The third-order valence-corrected chi connectivity index (χ3v) is 6.10. The molecule has 0 N–H and O–H groups in total. The highest BCUT2D eigenvalue weighted by Gasteiger charge is 2.18. The maximum atomic E-state index is 13.4. The maximum absolute atomic E-state index is 13.4. The summed E-state index contributed by atoms with van der Waals surface area (Å²) in [7, 11) is 0. The second-order valence-electron chi connectivity index (χ2n) is 8.10. The molecule has 1 saturated heterocycles. The molecule has 1 aliphatic rings. The summed E-state index contributed by atoms with van der Waals surface area (Å²) in [5.41, 5.74) is 3.95. The van der Waals surface area contributed by atoms with Gasteiger partial charge in [0.25, 0.3) is 5.56 Å². The highest BCUT2D eigenvalue weighted by atomic mass is 19.1. The first-order chi connectivity index (χ1) is 15.7. The van der Waals surface area contributed by atoms with E-state index >= 15 is 0 Å². The monoisotopic (exact) mass is 435 g/mol. The maximum Gasteiger partial charge on any atom is 0.261 e. The van der Waals surface area contributed by atoms with Gasteiger partial charge in [0, 0.05) is 44.1 Å². The van der Waals surface area contributed by atoms with E-state index in [-0.39, 0.29) is 11.4 Å². The fraction of sp³-hybridized carbons (Fsp3) is 0.375. The summed E-state index contributed by atoms with van der Waals surface area (Å²) in [4.78, 5) is 20.1. The molecule has 4 aromatic rings. The van der Waals surface area contributed by atoms with E-state index in [4.69, 9.17) is 9.84 Å². The Balaban J connectivity index is 1.49. The van der Waals surface area contributed by atoms with E-state index in [0.29, 0.717) is 24.0 Å². The molecule has 1 aliphatic heterocycles. The van der Waals surface area contributed by atoms with Gasteiger partial charge in [0.05, 0.1) is 29.8 Å². The van der Waals surface area contributed by atoms with Gasteiger partial charge in [-0.15, -0.1) is 0 Å². The fourth-order valence-electron chi connectivity index (χ4n) is 4.38. The molecular formula is C24H26FN5O2. The first-order valence-electron chi connectivity index (χ1n) is 11.1. The molecule has 0 unspecified atom stereocenters. The summed E-state index contributed by atoms with van der Waals surface area (Å²) in [6.07, 6.45) is 5.08. The number of morpholine rings is 1. The van der Waals surface area contributed by atoms with Gasteiger partial charge in [-0.3, -0.25) is 9.69 Å². The number of benzene rings is 1. The molecule has 0 amide bonds. The van der Waals surface area contributed by atoms with Crippen LogP contribution >= 0.6 is 0 Å². The van der Waals surface area contributed by atoms with Crippen LogP contribution < -0.4 is 5.56 Å². The van der Waals surface area contributed by atoms with Crippen LogP contribution in [-0.4, -0.2) is 56.9 Å². The van der Waals surface area contributed by atoms with E-state index in [1.807, 2.05) is 19.2 Å². The Bertz CT molecular complexity index is 1310. The van der Waals surface area contributed by atoms with Crippen molar-refractivity contribution in [3.05, 3.63) is 64.6 Å². The smallest absolute Gasteiger partial charge is 0.261 e. The Hall–Kier alpha value is -3.10. The predicted molar refractivity (Wildman–Crippen MR) is 121 cm³/mol. The topological polar surface area (TPSA) is 64.7 Å². The average molecular weight is 436 g/mol. The van der Waals surface area contributed by atoms with Gasteiger partial charge in [0.15, 0.2) is 5.65 Å². The zero-order chi connectivity index (χ0) is 22.1. The van der Waals surface area contributed by atoms with Crippen LogP contribution in [0.4, 0.5) is 4.39 Å². The molecule has 8 heteroatoms. The SMILES string of the molecule is CCc1nn2c(ncc3c(=O)n(CCCN4CCOCC4)ccc32)c1-c1ccc(F)cc1. The van der Waals surface area contributed by atoms with Crippen molar-refractivity contribution in [2.45, 2.75) is 26.3 Å². The molecule has 1 fully saturated rings. The highest BCUT2D eigenvalue weighted by Crippen LogP contribution is 2.29. The van der Waals surface area contributed by atoms with E-state index in [1.165, 1.54) is 12.1 Å². The van der Waals surface area contributed by atoms with Gasteiger partial charge in [-0.25, -0.2) is 13.9 Å². The Morgan fingerprint density at radius 1 is 1.09 bits per heavy atom. The molecule has 5 rings (SSSR count). The lowest BCUT2D eigenvalue weighted by molar-refractivity contribution is 0.0369. The van der Waals surface area contributed by atoms with E-state index < -0.39 is 0 Å². The highest BCUT2D eigenvalue weighted by molar-refractivity contribution is 5.86. The molecular weight excluding hydrogens is 409 g/mol. The lowest BCUT2D eigenvalue weighted by atomic mass is 10.0. The number of nitrogens with zero attached hydrogens (tertiary/aromatic N) is 5. The molecule has 0 atom stereocenters. The number of pyridine rings is 1. The van der Waals surface area contributed by atoms with Gasteiger partial charge < -0.3 is 9.30 Å².